The highest BCUT2D eigenvalue weighted by atomic mass is 35.5. The van der Waals surface area contributed by atoms with Crippen LogP contribution in [0.25, 0.3) is 0 Å². The van der Waals surface area contributed by atoms with Gasteiger partial charge in [-0.05, 0) is 23.8 Å². The molecule has 1 fully saturated rings. The number of piperazine rings is 1. The van der Waals surface area contributed by atoms with Crippen molar-refractivity contribution in [1.29, 1.82) is 0 Å². The third kappa shape index (κ3) is 6.67. The zero-order valence-corrected chi connectivity index (χ0v) is 15.8. The minimum absolute atomic E-state index is 0.676. The van der Waals surface area contributed by atoms with Crippen LogP contribution < -0.4 is 4.90 Å². The van der Waals surface area contributed by atoms with Gasteiger partial charge in [0.2, 0.25) is 5.95 Å². The Bertz CT molecular complexity index is 772. The van der Waals surface area contributed by atoms with E-state index in [9.17, 15) is 0 Å². The Balaban J connectivity index is 0.000000380. The maximum Gasteiger partial charge on any atom is 0.414 e. The number of carbonyl (C=O) groups is 2. The summed E-state index contributed by atoms with van der Waals surface area (Å²) in [5.74, 6) is -2.84. The summed E-state index contributed by atoms with van der Waals surface area (Å²) in [6.45, 7) is 4.64. The molecular formula is C17H18Cl2N4O4. The highest BCUT2D eigenvalue weighted by Crippen LogP contribution is 2.23. The molecule has 0 bridgehead atoms. The number of aromatic nitrogens is 2. The maximum atomic E-state index is 9.10. The van der Waals surface area contributed by atoms with Crippen molar-refractivity contribution in [2.24, 2.45) is 0 Å². The van der Waals surface area contributed by atoms with Crippen molar-refractivity contribution < 1.29 is 19.8 Å². The van der Waals surface area contributed by atoms with Crippen LogP contribution in [0.2, 0.25) is 10.0 Å². The van der Waals surface area contributed by atoms with Gasteiger partial charge in [-0.2, -0.15) is 0 Å². The van der Waals surface area contributed by atoms with Gasteiger partial charge in [0.05, 0.1) is 0 Å². The van der Waals surface area contributed by atoms with E-state index >= 15 is 0 Å². The Morgan fingerprint density at radius 3 is 2.11 bits per heavy atom. The Morgan fingerprint density at radius 2 is 1.59 bits per heavy atom. The van der Waals surface area contributed by atoms with Crippen LogP contribution in [0.15, 0.2) is 36.7 Å². The van der Waals surface area contributed by atoms with E-state index in [0.29, 0.717) is 5.02 Å². The van der Waals surface area contributed by atoms with Crippen LogP contribution in [0.3, 0.4) is 0 Å². The maximum absolute atomic E-state index is 9.10. The number of hydrogen-bond acceptors (Lipinski definition) is 6. The van der Waals surface area contributed by atoms with Crippen LogP contribution in [0.4, 0.5) is 5.95 Å². The second-order valence-corrected chi connectivity index (χ2v) is 6.50. The number of hydrogen-bond donors (Lipinski definition) is 2. The van der Waals surface area contributed by atoms with Crippen LogP contribution >= 0.6 is 23.2 Å². The smallest absolute Gasteiger partial charge is 0.414 e. The van der Waals surface area contributed by atoms with E-state index in [4.69, 9.17) is 43.0 Å². The number of anilines is 1. The molecule has 0 spiro atoms. The van der Waals surface area contributed by atoms with E-state index in [1.54, 1.807) is 18.5 Å². The predicted molar refractivity (Wildman–Crippen MR) is 101 cm³/mol. The second kappa shape index (κ2) is 10.1. The average Bonchev–Trinajstić information content (AvgIpc) is 2.66. The average molecular weight is 413 g/mol. The van der Waals surface area contributed by atoms with Gasteiger partial charge in [0.25, 0.3) is 0 Å². The Labute approximate surface area is 166 Å². The van der Waals surface area contributed by atoms with Crippen LogP contribution in [-0.2, 0) is 16.1 Å². The third-order valence-corrected chi connectivity index (χ3v) is 4.39. The standard InChI is InChI=1S/C15H16Cl2N4.C2H2O4/c16-13-3-2-12(14(17)10-13)11-20-6-8-21(9-7-20)15-18-4-1-5-19-15;3-1(4)2(5)6/h1-5,10H,6-9,11H2;(H,3,4)(H,5,6). The van der Waals surface area contributed by atoms with Gasteiger partial charge in [0.15, 0.2) is 0 Å². The van der Waals surface area contributed by atoms with E-state index < -0.39 is 11.9 Å². The van der Waals surface area contributed by atoms with Gasteiger partial charge < -0.3 is 15.1 Å². The van der Waals surface area contributed by atoms with Crippen molar-refractivity contribution in [3.63, 3.8) is 0 Å². The van der Waals surface area contributed by atoms with E-state index in [1.807, 2.05) is 18.2 Å². The molecule has 0 amide bonds. The van der Waals surface area contributed by atoms with E-state index in [2.05, 4.69) is 19.8 Å². The third-order valence-electron chi connectivity index (χ3n) is 3.80. The molecule has 1 aliphatic heterocycles. The Hall–Kier alpha value is -2.42. The van der Waals surface area contributed by atoms with E-state index in [1.165, 1.54) is 0 Å². The summed E-state index contributed by atoms with van der Waals surface area (Å²) in [4.78, 5) is 31.4. The van der Waals surface area contributed by atoms with Crippen LogP contribution in [-0.4, -0.2) is 63.2 Å². The van der Waals surface area contributed by atoms with Gasteiger partial charge in [-0.1, -0.05) is 29.3 Å². The normalized spacial score (nSPS) is 14.2. The van der Waals surface area contributed by atoms with Crippen molar-refractivity contribution in [1.82, 2.24) is 14.9 Å². The zero-order valence-electron chi connectivity index (χ0n) is 14.3. The summed E-state index contributed by atoms with van der Waals surface area (Å²) in [5.41, 5.74) is 1.12. The minimum Gasteiger partial charge on any atom is -0.473 e. The molecule has 2 N–H and O–H groups in total. The van der Waals surface area contributed by atoms with Crippen LogP contribution in [0.5, 0.6) is 0 Å². The summed E-state index contributed by atoms with van der Waals surface area (Å²) < 4.78 is 0. The molecule has 1 saturated heterocycles. The lowest BCUT2D eigenvalue weighted by atomic mass is 10.2. The number of benzene rings is 1. The monoisotopic (exact) mass is 412 g/mol. The lowest BCUT2D eigenvalue weighted by Gasteiger charge is -2.34. The molecular weight excluding hydrogens is 395 g/mol. The van der Waals surface area contributed by atoms with Crippen molar-refractivity contribution in [3.05, 3.63) is 52.3 Å². The summed E-state index contributed by atoms with van der Waals surface area (Å²) >= 11 is 12.2. The number of nitrogens with zero attached hydrogens (tertiary/aromatic N) is 4. The highest BCUT2D eigenvalue weighted by molar-refractivity contribution is 6.35. The van der Waals surface area contributed by atoms with Crippen molar-refractivity contribution in [2.75, 3.05) is 31.1 Å². The molecule has 8 nitrogen and oxygen atoms in total. The van der Waals surface area contributed by atoms with E-state index in [0.717, 1.165) is 49.3 Å². The topological polar surface area (TPSA) is 107 Å². The molecule has 1 aromatic carbocycles. The van der Waals surface area contributed by atoms with Crippen molar-refractivity contribution in [2.45, 2.75) is 6.54 Å². The number of aliphatic carboxylic acids is 2. The summed E-state index contributed by atoms with van der Waals surface area (Å²) in [7, 11) is 0. The Morgan fingerprint density at radius 1 is 1.00 bits per heavy atom. The molecule has 144 valence electrons. The minimum atomic E-state index is -1.82. The fraction of sp³-hybridized carbons (Fsp3) is 0.294. The first-order valence-electron chi connectivity index (χ1n) is 8.01. The van der Waals surface area contributed by atoms with Crippen LogP contribution in [0, 0.1) is 0 Å². The molecule has 1 aliphatic rings. The Kier molecular flexibility index (Phi) is 7.78. The summed E-state index contributed by atoms with van der Waals surface area (Å²) in [6, 6.07) is 7.52. The number of carboxylic acids is 2. The number of halogens is 2. The number of rotatable bonds is 3. The molecule has 0 aliphatic carbocycles. The largest absolute Gasteiger partial charge is 0.473 e. The molecule has 0 unspecified atom stereocenters. The molecule has 2 aromatic rings. The van der Waals surface area contributed by atoms with E-state index in [-0.39, 0.29) is 0 Å². The molecule has 0 saturated carbocycles. The second-order valence-electron chi connectivity index (χ2n) is 5.66. The van der Waals surface area contributed by atoms with Gasteiger partial charge in [-0.15, -0.1) is 0 Å². The van der Waals surface area contributed by atoms with Crippen LogP contribution in [0.1, 0.15) is 5.56 Å². The molecule has 0 radical (unpaired) electrons. The molecule has 27 heavy (non-hydrogen) atoms. The van der Waals surface area contributed by atoms with Crippen molar-refractivity contribution in [3.8, 4) is 0 Å². The van der Waals surface area contributed by atoms with Gasteiger partial charge in [0.1, 0.15) is 0 Å². The van der Waals surface area contributed by atoms with Gasteiger partial charge in [-0.25, -0.2) is 19.6 Å². The fourth-order valence-electron chi connectivity index (χ4n) is 2.45. The first-order chi connectivity index (χ1) is 12.9. The first-order valence-corrected chi connectivity index (χ1v) is 8.77. The first kappa shape index (κ1) is 20.9. The predicted octanol–water partition coefficient (Wildman–Crippen LogP) is 2.26. The number of carboxylic acid groups (broad SMARTS) is 2. The summed E-state index contributed by atoms with van der Waals surface area (Å²) in [6.07, 6.45) is 3.56. The lowest BCUT2D eigenvalue weighted by Crippen LogP contribution is -2.46. The highest BCUT2D eigenvalue weighted by Gasteiger charge is 2.19. The zero-order chi connectivity index (χ0) is 19.8. The van der Waals surface area contributed by atoms with Crippen molar-refractivity contribution >= 4 is 41.1 Å². The quantitative estimate of drug-likeness (QED) is 0.739. The molecule has 0 atom stereocenters. The SMILES string of the molecule is Clc1ccc(CN2CCN(c3ncccn3)CC2)c(Cl)c1.O=C(O)C(=O)O. The lowest BCUT2D eigenvalue weighted by molar-refractivity contribution is -0.159. The van der Waals surface area contributed by atoms with Gasteiger partial charge in [0, 0.05) is 55.2 Å². The molecule has 1 aromatic heterocycles. The van der Waals surface area contributed by atoms with Gasteiger partial charge >= 0.3 is 11.9 Å². The fourth-order valence-corrected chi connectivity index (χ4v) is 2.92. The molecule has 10 heteroatoms. The van der Waals surface area contributed by atoms with Gasteiger partial charge in [-0.3, -0.25) is 4.90 Å². The summed E-state index contributed by atoms with van der Waals surface area (Å²) in [5, 5.41) is 16.2. The molecule has 3 rings (SSSR count). The molecule has 2 heterocycles.